The number of ether oxygens (including phenoxy) is 2. The van der Waals surface area contributed by atoms with E-state index >= 15 is 0 Å². The largest absolute Gasteiger partial charge is 0.444 e. The topological polar surface area (TPSA) is 88.1 Å². The van der Waals surface area contributed by atoms with E-state index in [1.165, 1.54) is 4.90 Å². The summed E-state index contributed by atoms with van der Waals surface area (Å²) in [5.41, 5.74) is -2.18. The van der Waals surface area contributed by atoms with Crippen LogP contribution in [-0.2, 0) is 9.47 Å². The van der Waals surface area contributed by atoms with Crippen LogP contribution in [0.25, 0.3) is 0 Å². The van der Waals surface area contributed by atoms with Gasteiger partial charge in [0.2, 0.25) is 0 Å². The zero-order valence-corrected chi connectivity index (χ0v) is 15.9. The fourth-order valence-corrected chi connectivity index (χ4v) is 2.44. The van der Waals surface area contributed by atoms with Gasteiger partial charge >= 0.3 is 12.2 Å². The van der Waals surface area contributed by atoms with Gasteiger partial charge in [-0.25, -0.2) is 9.59 Å². The van der Waals surface area contributed by atoms with Gasteiger partial charge in [0, 0.05) is 19.0 Å². The third kappa shape index (κ3) is 6.55. The van der Waals surface area contributed by atoms with Gasteiger partial charge in [-0.2, -0.15) is 0 Å². The summed E-state index contributed by atoms with van der Waals surface area (Å²) >= 11 is 0. The molecule has 1 fully saturated rings. The number of carbonyl (C=O) groups excluding carboxylic acids is 2. The van der Waals surface area contributed by atoms with E-state index in [2.05, 4.69) is 5.32 Å². The Hall–Kier alpha value is -1.50. The Labute approximate surface area is 144 Å². The van der Waals surface area contributed by atoms with Crippen molar-refractivity contribution in [1.29, 1.82) is 0 Å². The molecule has 7 heteroatoms. The summed E-state index contributed by atoms with van der Waals surface area (Å²) < 4.78 is 10.5. The molecule has 24 heavy (non-hydrogen) atoms. The SMILES string of the molecule is CC(CNC(=O)OC(C)(C)C)C1(O)CCN(C(=O)OC(C)(C)C)C1. The van der Waals surface area contributed by atoms with E-state index in [-0.39, 0.29) is 19.0 Å². The maximum Gasteiger partial charge on any atom is 0.410 e. The third-order valence-electron chi connectivity index (χ3n) is 3.80. The molecule has 2 atom stereocenters. The Bertz CT molecular complexity index is 467. The molecule has 140 valence electrons. The Balaban J connectivity index is 2.52. The number of nitrogens with zero attached hydrogens (tertiary/aromatic N) is 1. The molecule has 0 aliphatic carbocycles. The van der Waals surface area contributed by atoms with E-state index in [0.717, 1.165) is 0 Å². The zero-order chi connectivity index (χ0) is 18.8. The number of likely N-dealkylation sites (tertiary alicyclic amines) is 1. The molecule has 7 nitrogen and oxygen atoms in total. The van der Waals surface area contributed by atoms with Gasteiger partial charge in [-0.05, 0) is 48.0 Å². The van der Waals surface area contributed by atoms with Crippen molar-refractivity contribution in [1.82, 2.24) is 10.2 Å². The number of alkyl carbamates (subject to hydrolysis) is 1. The molecule has 2 unspecified atom stereocenters. The molecule has 0 saturated carbocycles. The maximum absolute atomic E-state index is 12.1. The molecule has 1 aliphatic heterocycles. The Morgan fingerprint density at radius 1 is 1.17 bits per heavy atom. The zero-order valence-electron chi connectivity index (χ0n) is 15.9. The molecule has 0 bridgehead atoms. The van der Waals surface area contributed by atoms with E-state index in [9.17, 15) is 14.7 Å². The highest BCUT2D eigenvalue weighted by molar-refractivity contribution is 5.69. The number of rotatable bonds is 3. The van der Waals surface area contributed by atoms with Crippen molar-refractivity contribution in [2.24, 2.45) is 5.92 Å². The van der Waals surface area contributed by atoms with Crippen LogP contribution in [0.15, 0.2) is 0 Å². The summed E-state index contributed by atoms with van der Waals surface area (Å²) in [7, 11) is 0. The van der Waals surface area contributed by atoms with E-state index in [1.54, 1.807) is 41.5 Å². The molecule has 1 saturated heterocycles. The van der Waals surface area contributed by atoms with Crippen molar-refractivity contribution in [2.75, 3.05) is 19.6 Å². The monoisotopic (exact) mass is 344 g/mol. The molecule has 1 heterocycles. The lowest BCUT2D eigenvalue weighted by Crippen LogP contribution is -2.47. The fourth-order valence-electron chi connectivity index (χ4n) is 2.44. The Morgan fingerprint density at radius 3 is 2.21 bits per heavy atom. The van der Waals surface area contributed by atoms with Crippen LogP contribution in [0.5, 0.6) is 0 Å². The summed E-state index contributed by atoms with van der Waals surface area (Å²) in [6, 6.07) is 0. The van der Waals surface area contributed by atoms with Crippen LogP contribution in [0.3, 0.4) is 0 Å². The van der Waals surface area contributed by atoms with E-state index in [1.807, 2.05) is 6.92 Å². The smallest absolute Gasteiger partial charge is 0.410 e. The van der Waals surface area contributed by atoms with Crippen molar-refractivity contribution in [3.8, 4) is 0 Å². The Morgan fingerprint density at radius 2 is 1.71 bits per heavy atom. The van der Waals surface area contributed by atoms with Crippen LogP contribution in [0.1, 0.15) is 54.9 Å². The number of aliphatic hydroxyl groups is 1. The van der Waals surface area contributed by atoms with Crippen molar-refractivity contribution < 1.29 is 24.2 Å². The second-order valence-corrected chi connectivity index (χ2v) is 8.54. The first-order valence-corrected chi connectivity index (χ1v) is 8.39. The first-order chi connectivity index (χ1) is 10.7. The van der Waals surface area contributed by atoms with Gasteiger partial charge in [-0.15, -0.1) is 0 Å². The van der Waals surface area contributed by atoms with E-state index in [4.69, 9.17) is 9.47 Å². The number of hydrogen-bond donors (Lipinski definition) is 2. The summed E-state index contributed by atoms with van der Waals surface area (Å²) in [6.45, 7) is 13.5. The highest BCUT2D eigenvalue weighted by atomic mass is 16.6. The van der Waals surface area contributed by atoms with Gasteiger partial charge in [0.05, 0.1) is 12.1 Å². The van der Waals surface area contributed by atoms with Crippen molar-refractivity contribution in [2.45, 2.75) is 71.7 Å². The normalized spacial score (nSPS) is 22.9. The third-order valence-corrected chi connectivity index (χ3v) is 3.80. The quantitative estimate of drug-likeness (QED) is 0.821. The molecular formula is C17H32N2O5. The highest BCUT2D eigenvalue weighted by Crippen LogP contribution is 2.29. The van der Waals surface area contributed by atoms with Crippen LogP contribution >= 0.6 is 0 Å². The van der Waals surface area contributed by atoms with Crippen LogP contribution in [0.4, 0.5) is 9.59 Å². The number of amides is 2. The molecular weight excluding hydrogens is 312 g/mol. The van der Waals surface area contributed by atoms with Crippen molar-refractivity contribution in [3.05, 3.63) is 0 Å². The van der Waals surface area contributed by atoms with Gasteiger partial charge in [0.1, 0.15) is 11.2 Å². The molecule has 0 aromatic heterocycles. The first kappa shape index (κ1) is 20.5. The van der Waals surface area contributed by atoms with Gasteiger partial charge < -0.3 is 24.8 Å². The predicted molar refractivity (Wildman–Crippen MR) is 90.8 cm³/mol. The molecule has 1 rings (SSSR count). The molecule has 0 radical (unpaired) electrons. The maximum atomic E-state index is 12.1. The van der Waals surface area contributed by atoms with Gasteiger partial charge in [-0.3, -0.25) is 0 Å². The summed E-state index contributed by atoms with van der Waals surface area (Å²) in [5.74, 6) is -0.225. The molecule has 2 N–H and O–H groups in total. The average Bonchev–Trinajstić information content (AvgIpc) is 2.76. The fraction of sp³-hybridized carbons (Fsp3) is 0.882. The standard InChI is InChI=1S/C17H32N2O5/c1-12(10-18-13(20)23-15(2,3)4)17(22)8-9-19(11-17)14(21)24-16(5,6)7/h12,22H,8-11H2,1-7H3,(H,18,20). The molecule has 0 aromatic carbocycles. The Kier molecular flexibility index (Phi) is 6.14. The van der Waals surface area contributed by atoms with Gasteiger partial charge in [-0.1, -0.05) is 6.92 Å². The van der Waals surface area contributed by atoms with Crippen LogP contribution in [0.2, 0.25) is 0 Å². The van der Waals surface area contributed by atoms with Gasteiger partial charge in [0.25, 0.3) is 0 Å². The van der Waals surface area contributed by atoms with E-state index in [0.29, 0.717) is 13.0 Å². The summed E-state index contributed by atoms with van der Waals surface area (Å²) in [6.07, 6.45) is -0.491. The molecule has 2 amide bonds. The lowest BCUT2D eigenvalue weighted by Gasteiger charge is -2.31. The minimum absolute atomic E-state index is 0.194. The van der Waals surface area contributed by atoms with E-state index < -0.39 is 29.0 Å². The highest BCUT2D eigenvalue weighted by Gasteiger charge is 2.43. The van der Waals surface area contributed by atoms with Crippen LogP contribution < -0.4 is 5.32 Å². The number of hydrogen-bond acceptors (Lipinski definition) is 5. The lowest BCUT2D eigenvalue weighted by atomic mass is 9.88. The second kappa shape index (κ2) is 7.17. The lowest BCUT2D eigenvalue weighted by molar-refractivity contribution is -0.0116. The summed E-state index contributed by atoms with van der Waals surface area (Å²) in [4.78, 5) is 25.3. The molecule has 0 aromatic rings. The van der Waals surface area contributed by atoms with Crippen molar-refractivity contribution in [3.63, 3.8) is 0 Å². The van der Waals surface area contributed by atoms with Gasteiger partial charge in [0.15, 0.2) is 0 Å². The minimum Gasteiger partial charge on any atom is -0.444 e. The number of carbonyl (C=O) groups is 2. The molecule has 0 spiro atoms. The number of β-amino-alcohol motifs (C(OH)–C–C–N with tert-alkyl or cyclic N) is 1. The van der Waals surface area contributed by atoms with Crippen LogP contribution in [0, 0.1) is 5.92 Å². The minimum atomic E-state index is -1.05. The van der Waals surface area contributed by atoms with Crippen LogP contribution in [-0.4, -0.2) is 58.6 Å². The molecule has 1 aliphatic rings. The van der Waals surface area contributed by atoms with Crippen molar-refractivity contribution >= 4 is 12.2 Å². The summed E-state index contributed by atoms with van der Waals surface area (Å²) in [5, 5.41) is 13.4. The average molecular weight is 344 g/mol. The first-order valence-electron chi connectivity index (χ1n) is 8.39. The second-order valence-electron chi connectivity index (χ2n) is 8.54. The predicted octanol–water partition coefficient (Wildman–Crippen LogP) is 2.52. The number of nitrogens with one attached hydrogen (secondary N) is 1.